The Hall–Kier alpha value is -1.75. The van der Waals surface area contributed by atoms with Crippen LogP contribution in [-0.4, -0.2) is 123 Å². The maximum atomic E-state index is 11.2. The van der Waals surface area contributed by atoms with Gasteiger partial charge in [0.25, 0.3) is 12.9 Å². The minimum Gasteiger partial charge on any atom is -0.480 e. The summed E-state index contributed by atoms with van der Waals surface area (Å²) in [6.45, 7) is 10.2. The van der Waals surface area contributed by atoms with Crippen molar-refractivity contribution in [1.82, 2.24) is 19.6 Å². The van der Waals surface area contributed by atoms with Crippen molar-refractivity contribution in [2.24, 2.45) is 0 Å². The summed E-state index contributed by atoms with van der Waals surface area (Å²) in [5, 5.41) is 9.16. The first kappa shape index (κ1) is 24.3. The number of likely N-dealkylation sites (N-methyl/N-ethyl adjacent to an activating group) is 1. The van der Waals surface area contributed by atoms with Gasteiger partial charge in [0.2, 0.25) is 0 Å². The number of ether oxygens (including phenoxy) is 2. The number of carboxylic acids is 1. The summed E-state index contributed by atoms with van der Waals surface area (Å²) in [6.07, 6.45) is 1.69. The first-order valence-electron chi connectivity index (χ1n) is 9.80. The highest BCUT2D eigenvalue weighted by Gasteiger charge is 2.15. The third-order valence-corrected chi connectivity index (χ3v) is 4.82. The molecule has 1 heterocycles. The molecule has 162 valence electrons. The van der Waals surface area contributed by atoms with E-state index < -0.39 is 5.97 Å². The van der Waals surface area contributed by atoms with Gasteiger partial charge in [-0.25, -0.2) is 0 Å². The van der Waals surface area contributed by atoms with Gasteiger partial charge >= 0.3 is 5.97 Å². The number of rotatable bonds is 9. The molecule has 1 N–H and O–H groups in total. The van der Waals surface area contributed by atoms with Crippen LogP contribution in [-0.2, 0) is 23.9 Å². The van der Waals surface area contributed by atoms with E-state index in [4.69, 9.17) is 14.6 Å². The zero-order valence-corrected chi connectivity index (χ0v) is 16.8. The highest BCUT2D eigenvalue weighted by molar-refractivity contribution is 5.69. The molecule has 0 spiro atoms. The van der Waals surface area contributed by atoms with Gasteiger partial charge in [0.1, 0.15) is 13.5 Å². The van der Waals surface area contributed by atoms with Gasteiger partial charge in [-0.05, 0) is 25.9 Å². The fraction of sp³-hybridized carbons (Fsp3) is 0.833. The van der Waals surface area contributed by atoms with Crippen molar-refractivity contribution in [1.29, 1.82) is 0 Å². The van der Waals surface area contributed by atoms with Crippen LogP contribution in [0.15, 0.2) is 0 Å². The summed E-state index contributed by atoms with van der Waals surface area (Å²) in [5.41, 5.74) is 0. The van der Waals surface area contributed by atoms with Gasteiger partial charge < -0.3 is 19.5 Å². The second-order valence-electron chi connectivity index (χ2n) is 6.83. The molecule has 1 aliphatic rings. The van der Waals surface area contributed by atoms with Gasteiger partial charge in [-0.2, -0.15) is 0 Å². The van der Waals surface area contributed by atoms with Crippen LogP contribution >= 0.6 is 0 Å². The molecule has 0 aromatic carbocycles. The summed E-state index contributed by atoms with van der Waals surface area (Å²) in [4.78, 5) is 40.6. The predicted octanol–water partition coefficient (Wildman–Crippen LogP) is -0.646. The molecule has 0 unspecified atom stereocenters. The third kappa shape index (κ3) is 11.2. The SMILES string of the molecule is CCN1CCCN(COC=O)CCN(COC=O)CCCN(CC(=O)O)CC1. The molecule has 0 aromatic heterocycles. The Morgan fingerprint density at radius 3 is 1.68 bits per heavy atom. The van der Waals surface area contributed by atoms with Crippen LogP contribution in [0.3, 0.4) is 0 Å². The smallest absolute Gasteiger partial charge is 0.317 e. The average molecular weight is 402 g/mol. The van der Waals surface area contributed by atoms with Crippen molar-refractivity contribution in [2.45, 2.75) is 19.8 Å². The Morgan fingerprint density at radius 2 is 1.21 bits per heavy atom. The zero-order valence-electron chi connectivity index (χ0n) is 16.8. The van der Waals surface area contributed by atoms with E-state index >= 15 is 0 Å². The van der Waals surface area contributed by atoms with Crippen LogP contribution in [0.2, 0.25) is 0 Å². The average Bonchev–Trinajstić information content (AvgIpc) is 2.68. The third-order valence-electron chi connectivity index (χ3n) is 4.82. The summed E-state index contributed by atoms with van der Waals surface area (Å²) in [5.74, 6) is -0.823. The van der Waals surface area contributed by atoms with Crippen LogP contribution in [0.4, 0.5) is 0 Å². The second-order valence-corrected chi connectivity index (χ2v) is 6.83. The van der Waals surface area contributed by atoms with Crippen LogP contribution in [0.5, 0.6) is 0 Å². The molecule has 0 amide bonds. The molecular formula is C18H34N4O6. The van der Waals surface area contributed by atoms with E-state index in [1.54, 1.807) is 0 Å². The fourth-order valence-electron chi connectivity index (χ4n) is 3.24. The molecule has 1 aliphatic heterocycles. The largest absolute Gasteiger partial charge is 0.480 e. The summed E-state index contributed by atoms with van der Waals surface area (Å²) in [7, 11) is 0. The minimum absolute atomic E-state index is 0.0270. The molecule has 10 heteroatoms. The van der Waals surface area contributed by atoms with Gasteiger partial charge in [0.05, 0.1) is 6.54 Å². The maximum Gasteiger partial charge on any atom is 0.317 e. The molecule has 1 saturated heterocycles. The molecule has 0 bridgehead atoms. The highest BCUT2D eigenvalue weighted by atomic mass is 16.5. The number of carboxylic acid groups (broad SMARTS) is 1. The van der Waals surface area contributed by atoms with E-state index in [0.29, 0.717) is 45.7 Å². The standard InChI is InChI=1S/C18H34N4O6/c1-2-19-5-3-7-21(14-27-16-23)11-12-22(15-28-17-24)8-4-6-20(10-9-19)13-18(25)26/h16-17H,2-15H2,1H3,(H,25,26). The van der Waals surface area contributed by atoms with Gasteiger partial charge in [0.15, 0.2) is 0 Å². The number of aliphatic carboxylic acids is 1. The number of carbonyl (C=O) groups is 3. The maximum absolute atomic E-state index is 11.2. The quantitative estimate of drug-likeness (QED) is 0.501. The Morgan fingerprint density at radius 1 is 0.786 bits per heavy atom. The molecule has 1 rings (SSSR count). The number of carbonyl (C=O) groups excluding carboxylic acids is 2. The lowest BCUT2D eigenvalue weighted by Gasteiger charge is -2.30. The first-order valence-corrected chi connectivity index (χ1v) is 9.80. The molecule has 10 nitrogen and oxygen atoms in total. The van der Waals surface area contributed by atoms with Crippen molar-refractivity contribution < 1.29 is 29.0 Å². The van der Waals surface area contributed by atoms with Crippen LogP contribution < -0.4 is 0 Å². The summed E-state index contributed by atoms with van der Waals surface area (Å²) in [6, 6.07) is 0. The van der Waals surface area contributed by atoms with E-state index in [-0.39, 0.29) is 20.0 Å². The van der Waals surface area contributed by atoms with E-state index in [1.807, 2.05) is 9.80 Å². The van der Waals surface area contributed by atoms with E-state index in [0.717, 1.165) is 39.0 Å². The monoisotopic (exact) mass is 402 g/mol. The van der Waals surface area contributed by atoms with Crippen molar-refractivity contribution >= 4 is 18.9 Å². The van der Waals surface area contributed by atoms with E-state index in [9.17, 15) is 14.4 Å². The van der Waals surface area contributed by atoms with Crippen LogP contribution in [0.25, 0.3) is 0 Å². The second kappa shape index (κ2) is 15.2. The van der Waals surface area contributed by atoms with Gasteiger partial charge in [0, 0.05) is 45.8 Å². The number of hydrogen-bond acceptors (Lipinski definition) is 9. The predicted molar refractivity (Wildman–Crippen MR) is 103 cm³/mol. The Kier molecular flexibility index (Phi) is 13.2. The lowest BCUT2D eigenvalue weighted by molar-refractivity contribution is -0.138. The normalized spacial score (nSPS) is 20.2. The van der Waals surface area contributed by atoms with Crippen molar-refractivity contribution in [3.63, 3.8) is 0 Å². The Labute approximate surface area is 166 Å². The van der Waals surface area contributed by atoms with Crippen molar-refractivity contribution in [3.8, 4) is 0 Å². The molecule has 0 saturated carbocycles. The number of nitrogens with zero attached hydrogens (tertiary/aromatic N) is 4. The first-order chi connectivity index (χ1) is 13.6. The summed E-state index contributed by atoms with van der Waals surface area (Å²) >= 11 is 0. The lowest BCUT2D eigenvalue weighted by Crippen LogP contribution is -2.43. The van der Waals surface area contributed by atoms with Crippen LogP contribution in [0, 0.1) is 0 Å². The number of hydrogen-bond donors (Lipinski definition) is 1. The van der Waals surface area contributed by atoms with E-state index in [2.05, 4.69) is 16.7 Å². The van der Waals surface area contributed by atoms with Crippen LogP contribution in [0.1, 0.15) is 19.8 Å². The van der Waals surface area contributed by atoms with Crippen molar-refractivity contribution in [2.75, 3.05) is 78.9 Å². The van der Waals surface area contributed by atoms with Gasteiger partial charge in [-0.1, -0.05) is 6.92 Å². The molecule has 28 heavy (non-hydrogen) atoms. The molecule has 0 aliphatic carbocycles. The summed E-state index contributed by atoms with van der Waals surface area (Å²) < 4.78 is 9.83. The molecule has 1 fully saturated rings. The van der Waals surface area contributed by atoms with Gasteiger partial charge in [-0.3, -0.25) is 29.1 Å². The van der Waals surface area contributed by atoms with E-state index in [1.165, 1.54) is 0 Å². The Balaban J connectivity index is 2.74. The minimum atomic E-state index is -0.823. The molecule has 0 atom stereocenters. The van der Waals surface area contributed by atoms with Gasteiger partial charge in [-0.15, -0.1) is 0 Å². The highest BCUT2D eigenvalue weighted by Crippen LogP contribution is 2.03. The fourth-order valence-corrected chi connectivity index (χ4v) is 3.24. The molecule has 0 aromatic rings. The van der Waals surface area contributed by atoms with Crippen molar-refractivity contribution in [3.05, 3.63) is 0 Å². The molecular weight excluding hydrogens is 368 g/mol. The Bertz CT molecular complexity index is 454. The lowest BCUT2D eigenvalue weighted by atomic mass is 10.3. The zero-order chi connectivity index (χ0) is 20.6. The topological polar surface area (TPSA) is 103 Å². The molecule has 0 radical (unpaired) electrons.